The third kappa shape index (κ3) is 7.36. The van der Waals surface area contributed by atoms with Crippen LogP contribution in [0.2, 0.25) is 5.02 Å². The van der Waals surface area contributed by atoms with Crippen LogP contribution in [0, 0.1) is 0 Å². The van der Waals surface area contributed by atoms with Crippen LogP contribution in [-0.2, 0) is 24.2 Å². The maximum absolute atomic E-state index is 12.3. The third-order valence-corrected chi connectivity index (χ3v) is 7.17. The summed E-state index contributed by atoms with van der Waals surface area (Å²) >= 11 is 6.18. The summed E-state index contributed by atoms with van der Waals surface area (Å²) in [5.41, 5.74) is 4.33. The van der Waals surface area contributed by atoms with E-state index >= 15 is 0 Å². The predicted octanol–water partition coefficient (Wildman–Crippen LogP) is 6.96. The van der Waals surface area contributed by atoms with E-state index in [0.29, 0.717) is 30.5 Å². The summed E-state index contributed by atoms with van der Waals surface area (Å²) < 4.78 is 8.30. The molecule has 4 aromatic rings. The van der Waals surface area contributed by atoms with Gasteiger partial charge in [-0.1, -0.05) is 67.9 Å². The molecule has 0 spiro atoms. The molecule has 0 saturated carbocycles. The Morgan fingerprint density at radius 3 is 2.57 bits per heavy atom. The van der Waals surface area contributed by atoms with Crippen molar-refractivity contribution in [1.29, 1.82) is 0 Å². The highest BCUT2D eigenvalue weighted by Gasteiger charge is 2.11. The van der Waals surface area contributed by atoms with Crippen LogP contribution in [0.4, 0.5) is 0 Å². The van der Waals surface area contributed by atoms with Gasteiger partial charge in [0.2, 0.25) is 5.91 Å². The molecule has 0 radical (unpaired) electrons. The lowest BCUT2D eigenvalue weighted by atomic mass is 9.99. The van der Waals surface area contributed by atoms with Crippen LogP contribution in [0.1, 0.15) is 56.0 Å². The number of nitrogens with one attached hydrogen (secondary N) is 1. The Morgan fingerprint density at radius 2 is 1.78 bits per heavy atom. The van der Waals surface area contributed by atoms with Crippen LogP contribution in [0.3, 0.4) is 0 Å². The summed E-state index contributed by atoms with van der Waals surface area (Å²) in [5, 5.41) is 3.64. The molecule has 1 heterocycles. The molecule has 1 unspecified atom stereocenters. The normalized spacial score (nSPS) is 12.0. The minimum atomic E-state index is -0.0177. The zero-order valence-corrected chi connectivity index (χ0v) is 22.5. The highest BCUT2D eigenvalue weighted by Crippen LogP contribution is 2.22. The van der Waals surface area contributed by atoms with Crippen molar-refractivity contribution in [2.75, 3.05) is 13.2 Å². The first-order valence-electron chi connectivity index (χ1n) is 13.2. The van der Waals surface area contributed by atoms with Gasteiger partial charge in [-0.05, 0) is 66.6 Å². The molecule has 0 aliphatic carbocycles. The molecule has 4 rings (SSSR count). The molecular weight excluding hydrogens is 482 g/mol. The Hall–Kier alpha value is -3.31. The lowest BCUT2D eigenvalue weighted by Crippen LogP contribution is -2.26. The summed E-state index contributed by atoms with van der Waals surface area (Å²) in [6, 6.07) is 24.2. The van der Waals surface area contributed by atoms with Gasteiger partial charge >= 0.3 is 0 Å². The van der Waals surface area contributed by atoms with Crippen molar-refractivity contribution in [2.45, 2.75) is 58.4 Å². The minimum Gasteiger partial charge on any atom is -0.494 e. The van der Waals surface area contributed by atoms with E-state index in [-0.39, 0.29) is 5.91 Å². The number of halogens is 1. The van der Waals surface area contributed by atoms with Crippen LogP contribution in [-0.4, -0.2) is 28.6 Å². The topological polar surface area (TPSA) is 56.1 Å². The second-order valence-corrected chi connectivity index (χ2v) is 9.88. The van der Waals surface area contributed by atoms with Crippen molar-refractivity contribution in [1.82, 2.24) is 14.9 Å². The predicted molar refractivity (Wildman–Crippen MR) is 151 cm³/mol. The van der Waals surface area contributed by atoms with Gasteiger partial charge in [-0.2, -0.15) is 0 Å². The number of para-hydroxylation sites is 2. The number of benzene rings is 3. The molecule has 3 aromatic carbocycles. The van der Waals surface area contributed by atoms with E-state index in [1.807, 2.05) is 30.3 Å². The van der Waals surface area contributed by atoms with Crippen molar-refractivity contribution in [2.24, 2.45) is 0 Å². The van der Waals surface area contributed by atoms with Crippen molar-refractivity contribution < 1.29 is 9.53 Å². The first kappa shape index (κ1) is 26.7. The zero-order chi connectivity index (χ0) is 26.0. The Bertz CT molecular complexity index is 1300. The number of nitrogens with zero attached hydrogens (tertiary/aromatic N) is 2. The lowest BCUT2D eigenvalue weighted by Gasteiger charge is -2.12. The molecule has 1 N–H and O–H groups in total. The van der Waals surface area contributed by atoms with Gasteiger partial charge in [0, 0.05) is 24.5 Å². The number of ether oxygens (including phenoxy) is 1. The summed E-state index contributed by atoms with van der Waals surface area (Å²) in [7, 11) is 0. The first-order valence-corrected chi connectivity index (χ1v) is 13.6. The fourth-order valence-electron chi connectivity index (χ4n) is 4.46. The second-order valence-electron chi connectivity index (χ2n) is 9.47. The van der Waals surface area contributed by atoms with Gasteiger partial charge in [0.15, 0.2) is 0 Å². The zero-order valence-electron chi connectivity index (χ0n) is 21.8. The monoisotopic (exact) mass is 517 g/mol. The molecule has 1 amide bonds. The van der Waals surface area contributed by atoms with Gasteiger partial charge in [-0.25, -0.2) is 4.98 Å². The molecule has 0 fully saturated rings. The number of aromatic nitrogens is 2. The maximum atomic E-state index is 12.3. The second kappa shape index (κ2) is 13.3. The van der Waals surface area contributed by atoms with Crippen molar-refractivity contribution in [3.63, 3.8) is 0 Å². The van der Waals surface area contributed by atoms with Crippen LogP contribution in [0.15, 0.2) is 72.8 Å². The average Bonchev–Trinajstić information content (AvgIpc) is 3.27. The number of carbonyl (C=O) groups excluding carboxylic acids is 1. The number of hydrogen-bond acceptors (Lipinski definition) is 3. The van der Waals surface area contributed by atoms with Gasteiger partial charge in [0.25, 0.3) is 0 Å². The number of carbonyl (C=O) groups is 1. The minimum absolute atomic E-state index is 0.0177. The number of fused-ring (bicyclic) bond motifs is 1. The maximum Gasteiger partial charge on any atom is 0.224 e. The molecule has 5 nitrogen and oxygen atoms in total. The molecule has 194 valence electrons. The van der Waals surface area contributed by atoms with Gasteiger partial charge in [-0.3, -0.25) is 4.79 Å². The van der Waals surface area contributed by atoms with E-state index in [9.17, 15) is 4.79 Å². The van der Waals surface area contributed by atoms with Crippen LogP contribution < -0.4 is 10.1 Å². The van der Waals surface area contributed by atoms with Gasteiger partial charge in [-0.15, -0.1) is 0 Å². The van der Waals surface area contributed by atoms with Crippen molar-refractivity contribution in [3.8, 4) is 5.75 Å². The molecule has 6 heteroatoms. The number of rotatable bonds is 13. The highest BCUT2D eigenvalue weighted by atomic mass is 35.5. The molecule has 0 bridgehead atoms. The number of amides is 1. The van der Waals surface area contributed by atoms with Gasteiger partial charge in [0.1, 0.15) is 11.6 Å². The number of aryl methyl sites for hydroxylation is 2. The number of hydrogen-bond donors (Lipinski definition) is 1. The van der Waals surface area contributed by atoms with E-state index in [1.54, 1.807) is 0 Å². The van der Waals surface area contributed by atoms with Gasteiger partial charge in [0.05, 0.1) is 24.1 Å². The first-order chi connectivity index (χ1) is 18.0. The molecular formula is C31H36ClN3O2. The summed E-state index contributed by atoms with van der Waals surface area (Å²) in [4.78, 5) is 17.2. The SMILES string of the molecule is CCC(C)c1ccc(OCCCn2c(CCCNC(=O)Cc3ccccc3Cl)nc3ccccc32)cc1. The molecule has 1 aromatic heterocycles. The molecule has 0 saturated heterocycles. The smallest absolute Gasteiger partial charge is 0.224 e. The van der Waals surface area contributed by atoms with Crippen LogP contribution in [0.5, 0.6) is 5.75 Å². The van der Waals surface area contributed by atoms with Crippen molar-refractivity contribution in [3.05, 3.63) is 94.8 Å². The summed E-state index contributed by atoms with van der Waals surface area (Å²) in [6.45, 7) is 6.54. The fraction of sp³-hybridized carbons (Fsp3) is 0.355. The van der Waals surface area contributed by atoms with Crippen LogP contribution >= 0.6 is 11.6 Å². The molecule has 1 atom stereocenters. The number of imidazole rings is 1. The van der Waals surface area contributed by atoms with E-state index in [2.05, 4.69) is 66.2 Å². The quantitative estimate of drug-likeness (QED) is 0.195. The van der Waals surface area contributed by atoms with Gasteiger partial charge < -0.3 is 14.6 Å². The Labute approximate surface area is 224 Å². The molecule has 37 heavy (non-hydrogen) atoms. The third-order valence-electron chi connectivity index (χ3n) is 6.80. The largest absolute Gasteiger partial charge is 0.494 e. The van der Waals surface area contributed by atoms with Crippen LogP contribution in [0.25, 0.3) is 11.0 Å². The van der Waals surface area contributed by atoms with E-state index in [4.69, 9.17) is 21.3 Å². The Balaban J connectivity index is 1.28. The van der Waals surface area contributed by atoms with E-state index in [0.717, 1.165) is 60.4 Å². The summed E-state index contributed by atoms with van der Waals surface area (Å²) in [5.74, 6) is 2.50. The Kier molecular flexibility index (Phi) is 9.61. The molecule has 0 aliphatic rings. The van der Waals surface area contributed by atoms with Crippen molar-refractivity contribution >= 4 is 28.5 Å². The standard InChI is InChI=1S/C31H36ClN3O2/c1-3-23(2)24-15-17-26(18-16-24)37-21-9-20-35-29-13-7-6-12-28(29)34-30(35)14-8-19-33-31(36)22-25-10-4-5-11-27(25)32/h4-7,10-13,15-18,23H,3,8-9,14,19-22H2,1-2H3,(H,33,36). The van der Waals surface area contributed by atoms with E-state index in [1.165, 1.54) is 5.56 Å². The highest BCUT2D eigenvalue weighted by molar-refractivity contribution is 6.31. The van der Waals surface area contributed by atoms with E-state index < -0.39 is 0 Å². The lowest BCUT2D eigenvalue weighted by molar-refractivity contribution is -0.120. The fourth-order valence-corrected chi connectivity index (χ4v) is 4.66. The Morgan fingerprint density at radius 1 is 1.03 bits per heavy atom. The average molecular weight is 518 g/mol. The summed E-state index contributed by atoms with van der Waals surface area (Å²) in [6.07, 6.45) is 3.92. The molecule has 0 aliphatic heterocycles.